The zero-order valence-corrected chi connectivity index (χ0v) is 13.8. The predicted octanol–water partition coefficient (Wildman–Crippen LogP) is 3.78. The summed E-state index contributed by atoms with van der Waals surface area (Å²) < 4.78 is 0. The Morgan fingerprint density at radius 2 is 2.33 bits per heavy atom. The van der Waals surface area contributed by atoms with Crippen LogP contribution in [0, 0.1) is 0 Å². The van der Waals surface area contributed by atoms with Crippen LogP contribution in [0.3, 0.4) is 0 Å². The smallest absolute Gasteiger partial charge is 0.263 e. The van der Waals surface area contributed by atoms with E-state index < -0.39 is 0 Å². The molecule has 0 unspecified atom stereocenters. The topological polar surface area (TPSA) is 20.3 Å². The summed E-state index contributed by atoms with van der Waals surface area (Å²) >= 11 is 7.09. The van der Waals surface area contributed by atoms with Gasteiger partial charge in [0.1, 0.15) is 0 Å². The van der Waals surface area contributed by atoms with Gasteiger partial charge in [-0.25, -0.2) is 0 Å². The molecule has 18 heavy (non-hydrogen) atoms. The van der Waals surface area contributed by atoms with Gasteiger partial charge in [0.15, 0.2) is 0 Å². The third kappa shape index (κ3) is 3.31. The van der Waals surface area contributed by atoms with Crippen molar-refractivity contribution < 1.29 is 4.79 Å². The number of amides is 1. The molecule has 1 aromatic rings. The van der Waals surface area contributed by atoms with Crippen LogP contribution in [0.4, 0.5) is 0 Å². The molecule has 0 spiro atoms. The maximum absolute atomic E-state index is 12.5. The molecule has 0 saturated heterocycles. The minimum atomic E-state index is 0.209. The van der Waals surface area contributed by atoms with Gasteiger partial charge in [0.25, 0.3) is 5.91 Å². The zero-order chi connectivity index (χ0) is 13.0. The summed E-state index contributed by atoms with van der Waals surface area (Å²) in [5.74, 6) is 2.48. The largest absolute Gasteiger partial charge is 0.337 e. The molecule has 100 valence electrons. The van der Waals surface area contributed by atoms with Crippen LogP contribution in [-0.2, 0) is 12.2 Å². The molecule has 1 aliphatic rings. The number of thioether (sulfide) groups is 1. The Morgan fingerprint density at radius 1 is 1.50 bits per heavy atom. The minimum absolute atomic E-state index is 0.209. The van der Waals surface area contributed by atoms with E-state index in [-0.39, 0.29) is 5.91 Å². The number of fused-ring (bicyclic) bond motifs is 1. The van der Waals surface area contributed by atoms with Gasteiger partial charge in [-0.2, -0.15) is 11.8 Å². The molecule has 1 aliphatic heterocycles. The van der Waals surface area contributed by atoms with E-state index in [1.807, 2.05) is 16.7 Å². The zero-order valence-electron chi connectivity index (χ0n) is 10.6. The van der Waals surface area contributed by atoms with Gasteiger partial charge >= 0.3 is 0 Å². The Hall–Kier alpha value is -0.000000000000000111. The first-order valence-electron chi connectivity index (χ1n) is 6.30. The quantitative estimate of drug-likeness (QED) is 0.755. The van der Waals surface area contributed by atoms with Gasteiger partial charge in [0, 0.05) is 29.0 Å². The number of alkyl halides is 1. The summed E-state index contributed by atoms with van der Waals surface area (Å²) in [5.41, 5.74) is 1.38. The van der Waals surface area contributed by atoms with E-state index in [1.54, 1.807) is 11.3 Å². The number of nitrogens with zero attached hydrogens (tertiary/aromatic N) is 1. The fraction of sp³-hybridized carbons (Fsp3) is 0.615. The minimum Gasteiger partial charge on any atom is -0.337 e. The second-order valence-corrected chi connectivity index (χ2v) is 7.38. The molecule has 0 atom stereocenters. The molecule has 0 aliphatic carbocycles. The molecule has 1 amide bonds. The Bertz CT molecular complexity index is 390. The van der Waals surface area contributed by atoms with Gasteiger partial charge < -0.3 is 4.90 Å². The van der Waals surface area contributed by atoms with Gasteiger partial charge in [0.2, 0.25) is 0 Å². The van der Waals surface area contributed by atoms with E-state index in [2.05, 4.69) is 28.9 Å². The first-order valence-corrected chi connectivity index (χ1v) is 9.40. The van der Waals surface area contributed by atoms with E-state index in [0.29, 0.717) is 0 Å². The first kappa shape index (κ1) is 14.4. The number of aryl methyl sites for hydroxylation is 1. The molecule has 0 N–H and O–H groups in total. The average molecular weight is 348 g/mol. The summed E-state index contributed by atoms with van der Waals surface area (Å²) in [5, 5.41) is 0.847. The Labute approximate surface area is 125 Å². The number of hydrogen-bond acceptors (Lipinski definition) is 3. The Kier molecular flexibility index (Phi) is 5.57. The Morgan fingerprint density at radius 3 is 3.00 bits per heavy atom. The molecule has 0 aromatic carbocycles. The summed E-state index contributed by atoms with van der Waals surface area (Å²) in [6.45, 7) is 3.76. The first-order chi connectivity index (χ1) is 8.76. The molecule has 0 fully saturated rings. The molecule has 1 aromatic heterocycles. The van der Waals surface area contributed by atoms with Gasteiger partial charge in [-0.3, -0.25) is 4.79 Å². The maximum atomic E-state index is 12.5. The third-order valence-corrected chi connectivity index (χ3v) is 5.56. The number of carbonyl (C=O) groups excluding carboxylic acids is 1. The van der Waals surface area contributed by atoms with Crippen molar-refractivity contribution in [1.29, 1.82) is 0 Å². The van der Waals surface area contributed by atoms with Crippen molar-refractivity contribution >= 4 is 44.9 Å². The lowest BCUT2D eigenvalue weighted by Crippen LogP contribution is -2.32. The van der Waals surface area contributed by atoms with Crippen LogP contribution in [0.25, 0.3) is 0 Å². The number of hydrogen-bond donors (Lipinski definition) is 0. The van der Waals surface area contributed by atoms with E-state index >= 15 is 0 Å². The second kappa shape index (κ2) is 6.96. The van der Waals surface area contributed by atoms with Crippen LogP contribution in [0.1, 0.15) is 33.5 Å². The van der Waals surface area contributed by atoms with Crippen LogP contribution in [0.5, 0.6) is 0 Å². The van der Waals surface area contributed by atoms with Gasteiger partial charge in [-0.15, -0.1) is 11.3 Å². The predicted molar refractivity (Wildman–Crippen MR) is 84.2 cm³/mol. The van der Waals surface area contributed by atoms with Gasteiger partial charge in [-0.1, -0.05) is 22.9 Å². The third-order valence-electron chi connectivity index (χ3n) is 2.97. The lowest BCUT2D eigenvalue weighted by Gasteiger charge is -2.20. The summed E-state index contributed by atoms with van der Waals surface area (Å²) in [4.78, 5) is 16.8. The number of thiophene rings is 1. The van der Waals surface area contributed by atoms with Crippen LogP contribution >= 0.6 is 39.0 Å². The van der Waals surface area contributed by atoms with Crippen molar-refractivity contribution in [2.45, 2.75) is 25.5 Å². The number of rotatable bonds is 5. The highest BCUT2D eigenvalue weighted by Crippen LogP contribution is 2.32. The Balaban J connectivity index is 2.13. The van der Waals surface area contributed by atoms with Crippen molar-refractivity contribution in [3.05, 3.63) is 21.4 Å². The highest BCUT2D eigenvalue weighted by Gasteiger charge is 2.20. The van der Waals surface area contributed by atoms with E-state index in [9.17, 15) is 4.79 Å². The average Bonchev–Trinajstić information content (AvgIpc) is 2.81. The maximum Gasteiger partial charge on any atom is 0.263 e. The van der Waals surface area contributed by atoms with Crippen LogP contribution in [0.15, 0.2) is 6.07 Å². The van der Waals surface area contributed by atoms with Crippen molar-refractivity contribution in [2.75, 3.05) is 24.2 Å². The number of halogens is 1. The second-order valence-electron chi connectivity index (χ2n) is 4.34. The molecular weight excluding hydrogens is 330 g/mol. The fourth-order valence-corrected chi connectivity index (χ4v) is 4.86. The van der Waals surface area contributed by atoms with Crippen molar-refractivity contribution in [3.63, 3.8) is 0 Å². The molecule has 5 heteroatoms. The highest BCUT2D eigenvalue weighted by atomic mass is 79.9. The van der Waals surface area contributed by atoms with Gasteiger partial charge in [0.05, 0.1) is 4.88 Å². The van der Waals surface area contributed by atoms with E-state index in [4.69, 9.17) is 0 Å². The van der Waals surface area contributed by atoms with Crippen molar-refractivity contribution in [3.8, 4) is 0 Å². The van der Waals surface area contributed by atoms with Crippen molar-refractivity contribution in [2.24, 2.45) is 0 Å². The lowest BCUT2D eigenvalue weighted by molar-refractivity contribution is 0.0771. The van der Waals surface area contributed by atoms with E-state index in [1.165, 1.54) is 16.2 Å². The van der Waals surface area contributed by atoms with Crippen molar-refractivity contribution in [1.82, 2.24) is 4.90 Å². The molecule has 0 radical (unpaired) electrons. The molecule has 0 saturated carbocycles. The normalized spacial score (nSPS) is 14.3. The van der Waals surface area contributed by atoms with Crippen LogP contribution in [0.2, 0.25) is 0 Å². The van der Waals surface area contributed by atoms with Gasteiger partial charge in [-0.05, 0) is 30.2 Å². The molecular formula is C13H18BrNOS2. The molecule has 2 rings (SSSR count). The lowest BCUT2D eigenvalue weighted by atomic mass is 10.2. The molecule has 2 nitrogen and oxygen atoms in total. The SMILES string of the molecule is CCCN(CCBr)C(=O)c1cc2c(s1)CCSC2. The summed E-state index contributed by atoms with van der Waals surface area (Å²) in [7, 11) is 0. The summed E-state index contributed by atoms with van der Waals surface area (Å²) in [6.07, 6.45) is 2.14. The fourth-order valence-electron chi connectivity index (χ4n) is 2.10. The highest BCUT2D eigenvalue weighted by molar-refractivity contribution is 9.09. The standard InChI is InChI=1S/C13H18BrNOS2/c1-2-5-15(6-4-14)13(16)12-8-10-9-17-7-3-11(10)18-12/h8H,2-7,9H2,1H3. The van der Waals surface area contributed by atoms with Crippen LogP contribution < -0.4 is 0 Å². The molecule has 2 heterocycles. The molecule has 0 bridgehead atoms. The number of carbonyl (C=O) groups is 1. The van der Waals surface area contributed by atoms with E-state index in [0.717, 1.165) is 41.9 Å². The monoisotopic (exact) mass is 347 g/mol. The summed E-state index contributed by atoms with van der Waals surface area (Å²) in [6, 6.07) is 2.12. The van der Waals surface area contributed by atoms with Crippen LogP contribution in [-0.4, -0.2) is 35.0 Å².